The van der Waals surface area contributed by atoms with E-state index in [1.54, 1.807) is 13.8 Å². The Hall–Kier alpha value is -1.10. The van der Waals surface area contributed by atoms with Gasteiger partial charge in [0.2, 0.25) is 5.91 Å². The molecule has 14 heavy (non-hydrogen) atoms. The summed E-state index contributed by atoms with van der Waals surface area (Å²) in [7, 11) is 1.29. The molecule has 1 aliphatic heterocycles. The molecule has 0 unspecified atom stereocenters. The summed E-state index contributed by atoms with van der Waals surface area (Å²) in [5.41, 5.74) is -0.867. The minimum absolute atomic E-state index is 0.101. The third-order valence-corrected chi connectivity index (χ3v) is 2.98. The molecule has 0 radical (unpaired) electrons. The Morgan fingerprint density at radius 3 is 2.71 bits per heavy atom. The fourth-order valence-corrected chi connectivity index (χ4v) is 1.54. The van der Waals surface area contributed by atoms with Crippen molar-refractivity contribution in [3.8, 4) is 0 Å². The normalized spacial score (nSPS) is 32.9. The van der Waals surface area contributed by atoms with Gasteiger partial charge in [-0.3, -0.25) is 9.59 Å². The van der Waals surface area contributed by atoms with Gasteiger partial charge in [-0.25, -0.2) is 0 Å². The quantitative estimate of drug-likeness (QED) is 0.474. The van der Waals surface area contributed by atoms with Crippen LogP contribution in [0.1, 0.15) is 20.3 Å². The first-order valence-corrected chi connectivity index (χ1v) is 4.48. The average Bonchev–Trinajstić information content (AvgIpc) is 2.15. The van der Waals surface area contributed by atoms with Crippen LogP contribution in [0.5, 0.6) is 0 Å². The van der Waals surface area contributed by atoms with Crippen molar-refractivity contribution in [1.82, 2.24) is 5.32 Å². The van der Waals surface area contributed by atoms with Gasteiger partial charge < -0.3 is 15.2 Å². The smallest absolute Gasteiger partial charge is 0.307 e. The zero-order valence-corrected chi connectivity index (χ0v) is 8.53. The van der Waals surface area contributed by atoms with Crippen LogP contribution in [0.3, 0.4) is 0 Å². The van der Waals surface area contributed by atoms with Crippen LogP contribution in [0.25, 0.3) is 0 Å². The highest BCUT2D eigenvalue weighted by Crippen LogP contribution is 2.36. The third-order valence-electron chi connectivity index (χ3n) is 2.98. The number of carbonyl (C=O) groups excluding carboxylic acids is 2. The van der Waals surface area contributed by atoms with E-state index in [1.165, 1.54) is 7.11 Å². The maximum atomic E-state index is 11.3. The second-order valence-electron chi connectivity index (χ2n) is 3.76. The molecule has 0 aromatic heterocycles. The molecule has 5 nitrogen and oxygen atoms in total. The summed E-state index contributed by atoms with van der Waals surface area (Å²) in [4.78, 5) is 22.2. The van der Waals surface area contributed by atoms with Gasteiger partial charge in [-0.2, -0.15) is 0 Å². The number of esters is 1. The summed E-state index contributed by atoms with van der Waals surface area (Å²) in [5, 5.41) is 12.0. The first kappa shape index (κ1) is 11.0. The molecule has 0 bridgehead atoms. The molecule has 3 atom stereocenters. The number of aliphatic hydroxyl groups excluding tert-OH is 1. The molecule has 1 saturated heterocycles. The van der Waals surface area contributed by atoms with Crippen LogP contribution in [0, 0.1) is 5.41 Å². The topological polar surface area (TPSA) is 75.6 Å². The Morgan fingerprint density at radius 1 is 1.79 bits per heavy atom. The fraction of sp³-hybridized carbons (Fsp3) is 0.778. The van der Waals surface area contributed by atoms with Crippen molar-refractivity contribution in [2.75, 3.05) is 7.11 Å². The molecule has 2 N–H and O–H groups in total. The zero-order chi connectivity index (χ0) is 10.9. The molecular weight excluding hydrogens is 186 g/mol. The molecule has 0 aliphatic carbocycles. The second-order valence-corrected chi connectivity index (χ2v) is 3.76. The van der Waals surface area contributed by atoms with Crippen LogP contribution in [0.4, 0.5) is 0 Å². The summed E-state index contributed by atoms with van der Waals surface area (Å²) in [6.07, 6.45) is -0.671. The predicted octanol–water partition coefficient (Wildman–Crippen LogP) is -0.565. The predicted molar refractivity (Wildman–Crippen MR) is 48.4 cm³/mol. The minimum Gasteiger partial charge on any atom is -0.469 e. The van der Waals surface area contributed by atoms with E-state index in [0.717, 1.165) is 0 Å². The van der Waals surface area contributed by atoms with E-state index >= 15 is 0 Å². The van der Waals surface area contributed by atoms with Crippen molar-refractivity contribution >= 4 is 11.9 Å². The summed E-state index contributed by atoms with van der Waals surface area (Å²) in [6.45, 7) is 3.19. The molecule has 1 heterocycles. The number of rotatable bonds is 3. The molecular formula is C9H15NO4. The molecule has 0 spiro atoms. The molecule has 80 valence electrons. The number of nitrogens with one attached hydrogen (secondary N) is 1. The molecule has 5 heteroatoms. The number of amides is 1. The van der Waals surface area contributed by atoms with Gasteiger partial charge in [-0.1, -0.05) is 0 Å². The average molecular weight is 201 g/mol. The molecule has 1 amide bonds. The number of ether oxygens (including phenoxy) is 1. The Morgan fingerprint density at radius 2 is 2.36 bits per heavy atom. The van der Waals surface area contributed by atoms with Gasteiger partial charge in [0, 0.05) is 0 Å². The van der Waals surface area contributed by atoms with Crippen molar-refractivity contribution in [3.63, 3.8) is 0 Å². The molecule has 1 fully saturated rings. The van der Waals surface area contributed by atoms with E-state index in [0.29, 0.717) is 0 Å². The number of β-lactam (4-membered cyclic amide) rings is 1. The zero-order valence-electron chi connectivity index (χ0n) is 8.53. The Balaban J connectivity index is 2.66. The minimum atomic E-state index is -0.867. The van der Waals surface area contributed by atoms with E-state index in [4.69, 9.17) is 0 Å². The van der Waals surface area contributed by atoms with Crippen molar-refractivity contribution < 1.29 is 19.4 Å². The largest absolute Gasteiger partial charge is 0.469 e. The van der Waals surface area contributed by atoms with Gasteiger partial charge in [0.25, 0.3) is 0 Å². The highest BCUT2D eigenvalue weighted by atomic mass is 16.5. The van der Waals surface area contributed by atoms with Crippen molar-refractivity contribution in [1.29, 1.82) is 0 Å². The van der Waals surface area contributed by atoms with Crippen LogP contribution in [0.15, 0.2) is 0 Å². The molecule has 0 aromatic rings. The maximum absolute atomic E-state index is 11.3. The summed E-state index contributed by atoms with van der Waals surface area (Å²) < 4.78 is 4.49. The Labute approximate surface area is 82.4 Å². The lowest BCUT2D eigenvalue weighted by molar-refractivity contribution is -0.159. The number of carbonyl (C=O) groups is 2. The van der Waals surface area contributed by atoms with Gasteiger partial charge in [0.05, 0.1) is 31.1 Å². The molecule has 0 saturated carbocycles. The van der Waals surface area contributed by atoms with E-state index in [9.17, 15) is 14.7 Å². The van der Waals surface area contributed by atoms with Gasteiger partial charge in [0.15, 0.2) is 0 Å². The number of methoxy groups -OCH3 is 1. The monoisotopic (exact) mass is 201 g/mol. The van der Waals surface area contributed by atoms with Gasteiger partial charge >= 0.3 is 5.97 Å². The number of hydrogen-bond acceptors (Lipinski definition) is 4. The van der Waals surface area contributed by atoms with Crippen LogP contribution < -0.4 is 5.32 Å². The maximum Gasteiger partial charge on any atom is 0.307 e. The van der Waals surface area contributed by atoms with Crippen molar-refractivity contribution in [2.45, 2.75) is 32.4 Å². The fourth-order valence-electron chi connectivity index (χ4n) is 1.54. The first-order valence-electron chi connectivity index (χ1n) is 4.48. The highest BCUT2D eigenvalue weighted by molar-refractivity contribution is 5.91. The van der Waals surface area contributed by atoms with Crippen molar-refractivity contribution in [3.05, 3.63) is 0 Å². The van der Waals surface area contributed by atoms with E-state index in [2.05, 4.69) is 10.1 Å². The summed E-state index contributed by atoms with van der Waals surface area (Å²) in [6, 6.07) is -0.331. The number of aliphatic hydroxyl groups is 1. The van der Waals surface area contributed by atoms with Gasteiger partial charge in [0.1, 0.15) is 0 Å². The molecule has 0 aromatic carbocycles. The van der Waals surface area contributed by atoms with Crippen LogP contribution in [0.2, 0.25) is 0 Å². The first-order chi connectivity index (χ1) is 6.42. The lowest BCUT2D eigenvalue weighted by Crippen LogP contribution is -2.70. The van der Waals surface area contributed by atoms with Crippen LogP contribution in [-0.2, 0) is 14.3 Å². The molecule has 1 aliphatic rings. The van der Waals surface area contributed by atoms with Crippen molar-refractivity contribution in [2.24, 2.45) is 5.41 Å². The molecule has 1 rings (SSSR count). The van der Waals surface area contributed by atoms with E-state index in [1.807, 2.05) is 0 Å². The third kappa shape index (κ3) is 1.48. The lowest BCUT2D eigenvalue weighted by atomic mass is 9.69. The number of hydrogen-bond donors (Lipinski definition) is 2. The Bertz CT molecular complexity index is 264. The van der Waals surface area contributed by atoms with Crippen LogP contribution in [-0.4, -0.2) is 36.2 Å². The lowest BCUT2D eigenvalue weighted by Gasteiger charge is -2.47. The van der Waals surface area contributed by atoms with Crippen LogP contribution >= 0.6 is 0 Å². The summed E-state index contributed by atoms with van der Waals surface area (Å²) >= 11 is 0. The van der Waals surface area contributed by atoms with E-state index in [-0.39, 0.29) is 24.3 Å². The highest BCUT2D eigenvalue weighted by Gasteiger charge is 2.55. The second kappa shape index (κ2) is 3.57. The van der Waals surface area contributed by atoms with E-state index < -0.39 is 11.5 Å². The van der Waals surface area contributed by atoms with Gasteiger partial charge in [-0.15, -0.1) is 0 Å². The standard InChI is InChI=1S/C9H15NO4/c1-5(11)9(2)6(10-8(9)13)4-7(12)14-3/h5-6,11H,4H2,1-3H3,(H,10,13)/t5-,6+,9-/m1/s1. The summed E-state index contributed by atoms with van der Waals surface area (Å²) in [5.74, 6) is -0.608. The SMILES string of the molecule is COC(=O)C[C@@H]1NC(=O)[C@]1(C)[C@@H](C)O. The Kier molecular flexibility index (Phi) is 2.80. The van der Waals surface area contributed by atoms with Gasteiger partial charge in [-0.05, 0) is 13.8 Å².